The van der Waals surface area contributed by atoms with Crippen LogP contribution in [0, 0.1) is 11.8 Å². The highest BCUT2D eigenvalue weighted by Crippen LogP contribution is 2.35. The van der Waals surface area contributed by atoms with E-state index in [9.17, 15) is 0 Å². The van der Waals surface area contributed by atoms with Gasteiger partial charge in [-0.15, -0.1) is 0 Å². The van der Waals surface area contributed by atoms with Crippen LogP contribution in [0.2, 0.25) is 0 Å². The second-order valence-corrected chi connectivity index (χ2v) is 4.60. The van der Waals surface area contributed by atoms with Gasteiger partial charge in [-0.05, 0) is 37.5 Å². The first-order valence-electron chi connectivity index (χ1n) is 5.56. The number of allylic oxidation sites excluding steroid dienone is 2. The van der Waals surface area contributed by atoms with Crippen molar-refractivity contribution in [3.8, 4) is 0 Å². The van der Waals surface area contributed by atoms with Gasteiger partial charge in [-0.2, -0.15) is 0 Å². The molecule has 0 spiro atoms. The van der Waals surface area contributed by atoms with Crippen LogP contribution in [0.15, 0.2) is 11.6 Å². The van der Waals surface area contributed by atoms with Crippen molar-refractivity contribution in [3.63, 3.8) is 0 Å². The lowest BCUT2D eigenvalue weighted by molar-refractivity contribution is 0.303. The van der Waals surface area contributed by atoms with E-state index in [2.05, 4.69) is 13.0 Å². The molecule has 0 bridgehead atoms. The smallest absolute Gasteiger partial charge is 0.0205 e. The van der Waals surface area contributed by atoms with Crippen LogP contribution in [0.3, 0.4) is 0 Å². The van der Waals surface area contributed by atoms with Crippen molar-refractivity contribution in [2.24, 2.45) is 11.8 Å². The zero-order valence-electron chi connectivity index (χ0n) is 8.18. The molecule has 2 aliphatic carbocycles. The summed E-state index contributed by atoms with van der Waals surface area (Å²) in [7, 11) is 0. The summed E-state index contributed by atoms with van der Waals surface area (Å²) < 4.78 is 0. The van der Waals surface area contributed by atoms with Gasteiger partial charge >= 0.3 is 0 Å². The maximum atomic E-state index is 2.60. The molecule has 0 aromatic carbocycles. The van der Waals surface area contributed by atoms with Gasteiger partial charge in [0.2, 0.25) is 0 Å². The van der Waals surface area contributed by atoms with Crippen molar-refractivity contribution in [3.05, 3.63) is 11.6 Å². The van der Waals surface area contributed by atoms with Crippen molar-refractivity contribution in [2.75, 3.05) is 0 Å². The van der Waals surface area contributed by atoms with E-state index < -0.39 is 0 Å². The molecule has 2 saturated carbocycles. The van der Waals surface area contributed by atoms with Crippen molar-refractivity contribution >= 4 is 0 Å². The molecule has 2 unspecified atom stereocenters. The SMILES string of the molecule is CC1CCCCC1C=C1CCC1. The van der Waals surface area contributed by atoms with E-state index in [1.54, 1.807) is 5.57 Å². The lowest BCUT2D eigenvalue weighted by atomic mass is 9.77. The van der Waals surface area contributed by atoms with E-state index in [4.69, 9.17) is 0 Å². The molecule has 0 radical (unpaired) electrons. The minimum absolute atomic E-state index is 0.939. The second-order valence-electron chi connectivity index (χ2n) is 4.60. The number of hydrogen-bond donors (Lipinski definition) is 0. The molecular formula is C12H20. The average molecular weight is 164 g/mol. The van der Waals surface area contributed by atoms with E-state index in [1.807, 2.05) is 0 Å². The first-order valence-corrected chi connectivity index (χ1v) is 5.56. The van der Waals surface area contributed by atoms with Gasteiger partial charge in [0.05, 0.1) is 0 Å². The molecule has 0 N–H and O–H groups in total. The zero-order valence-corrected chi connectivity index (χ0v) is 8.18. The summed E-state index contributed by atoms with van der Waals surface area (Å²) in [5, 5.41) is 0. The molecule has 68 valence electrons. The molecule has 12 heavy (non-hydrogen) atoms. The van der Waals surface area contributed by atoms with Crippen LogP contribution in [-0.4, -0.2) is 0 Å². The normalized spacial score (nSPS) is 35.9. The summed E-state index contributed by atoms with van der Waals surface area (Å²) in [6, 6.07) is 0. The van der Waals surface area contributed by atoms with Gasteiger partial charge in [-0.25, -0.2) is 0 Å². The van der Waals surface area contributed by atoms with E-state index in [1.165, 1.54) is 44.9 Å². The number of hydrogen-bond acceptors (Lipinski definition) is 0. The molecule has 0 amide bonds. The fraction of sp³-hybridized carbons (Fsp3) is 0.833. The molecule has 0 heterocycles. The standard InChI is InChI=1S/C12H20/c1-10-5-2-3-8-12(10)9-11-6-4-7-11/h9-10,12H,2-8H2,1H3. The molecular weight excluding hydrogens is 144 g/mol. The minimum atomic E-state index is 0.939. The van der Waals surface area contributed by atoms with Crippen molar-refractivity contribution in [1.29, 1.82) is 0 Å². The highest BCUT2D eigenvalue weighted by molar-refractivity contribution is 5.11. The predicted octanol–water partition coefficient (Wildman–Crippen LogP) is 3.92. The Kier molecular flexibility index (Phi) is 2.53. The predicted molar refractivity (Wildman–Crippen MR) is 53.1 cm³/mol. The molecule has 0 aromatic rings. The fourth-order valence-corrected chi connectivity index (χ4v) is 2.44. The van der Waals surface area contributed by atoms with Crippen LogP contribution < -0.4 is 0 Å². The molecule has 0 heteroatoms. The Morgan fingerprint density at radius 2 is 1.83 bits per heavy atom. The van der Waals surface area contributed by atoms with Gasteiger partial charge in [0.15, 0.2) is 0 Å². The lowest BCUT2D eigenvalue weighted by Crippen LogP contribution is -2.15. The van der Waals surface area contributed by atoms with Crippen molar-refractivity contribution in [2.45, 2.75) is 51.9 Å². The topological polar surface area (TPSA) is 0 Å². The van der Waals surface area contributed by atoms with Crippen LogP contribution in [0.1, 0.15) is 51.9 Å². The van der Waals surface area contributed by atoms with Gasteiger partial charge in [-0.1, -0.05) is 37.8 Å². The Hall–Kier alpha value is -0.260. The summed E-state index contributed by atoms with van der Waals surface area (Å²) in [6.45, 7) is 2.43. The average Bonchev–Trinajstić information content (AvgIpc) is 2.00. The molecule has 2 aliphatic rings. The maximum Gasteiger partial charge on any atom is -0.0205 e. The molecule has 2 rings (SSSR count). The maximum absolute atomic E-state index is 2.60. The van der Waals surface area contributed by atoms with Crippen LogP contribution in [0.4, 0.5) is 0 Å². The molecule has 2 atom stereocenters. The van der Waals surface area contributed by atoms with Crippen LogP contribution in [0.25, 0.3) is 0 Å². The Morgan fingerprint density at radius 3 is 2.42 bits per heavy atom. The largest absolute Gasteiger partial charge is 0.0819 e. The highest BCUT2D eigenvalue weighted by atomic mass is 14.3. The summed E-state index contributed by atoms with van der Waals surface area (Å²) in [6.07, 6.45) is 12.7. The molecule has 0 aromatic heterocycles. The number of rotatable bonds is 1. The third kappa shape index (κ3) is 1.73. The highest BCUT2D eigenvalue weighted by Gasteiger charge is 2.20. The van der Waals surface area contributed by atoms with Crippen LogP contribution in [-0.2, 0) is 0 Å². The third-order valence-corrected chi connectivity index (χ3v) is 3.62. The van der Waals surface area contributed by atoms with Gasteiger partial charge < -0.3 is 0 Å². The monoisotopic (exact) mass is 164 g/mol. The Bertz CT molecular complexity index is 172. The van der Waals surface area contributed by atoms with E-state index >= 15 is 0 Å². The third-order valence-electron chi connectivity index (χ3n) is 3.62. The van der Waals surface area contributed by atoms with Crippen LogP contribution in [0.5, 0.6) is 0 Å². The van der Waals surface area contributed by atoms with Gasteiger partial charge in [0, 0.05) is 0 Å². The van der Waals surface area contributed by atoms with E-state index in [-0.39, 0.29) is 0 Å². The summed E-state index contributed by atoms with van der Waals surface area (Å²) in [4.78, 5) is 0. The summed E-state index contributed by atoms with van der Waals surface area (Å²) in [5.74, 6) is 1.90. The summed E-state index contributed by atoms with van der Waals surface area (Å²) in [5.41, 5.74) is 1.76. The van der Waals surface area contributed by atoms with E-state index in [0.29, 0.717) is 0 Å². The Balaban J connectivity index is 1.92. The first-order chi connectivity index (χ1) is 5.86. The molecule has 2 fully saturated rings. The van der Waals surface area contributed by atoms with Gasteiger partial charge in [0.25, 0.3) is 0 Å². The second kappa shape index (κ2) is 3.64. The zero-order chi connectivity index (χ0) is 8.39. The van der Waals surface area contributed by atoms with E-state index in [0.717, 1.165) is 11.8 Å². The fourth-order valence-electron chi connectivity index (χ4n) is 2.44. The molecule has 0 nitrogen and oxygen atoms in total. The van der Waals surface area contributed by atoms with Crippen molar-refractivity contribution < 1.29 is 0 Å². The first kappa shape index (κ1) is 8.34. The van der Waals surface area contributed by atoms with Gasteiger partial charge in [-0.3, -0.25) is 0 Å². The quantitative estimate of drug-likeness (QED) is 0.515. The molecule has 0 saturated heterocycles. The minimum Gasteiger partial charge on any atom is -0.0819 e. The Labute approximate surface area is 76.1 Å². The van der Waals surface area contributed by atoms with Gasteiger partial charge in [0.1, 0.15) is 0 Å². The lowest BCUT2D eigenvalue weighted by Gasteiger charge is -2.28. The van der Waals surface area contributed by atoms with Crippen molar-refractivity contribution in [1.82, 2.24) is 0 Å². The Morgan fingerprint density at radius 1 is 1.08 bits per heavy atom. The molecule has 0 aliphatic heterocycles. The van der Waals surface area contributed by atoms with Crippen LogP contribution >= 0.6 is 0 Å². The summed E-state index contributed by atoms with van der Waals surface area (Å²) >= 11 is 0.